The lowest BCUT2D eigenvalue weighted by Gasteiger charge is -2.19. The van der Waals surface area contributed by atoms with Gasteiger partial charge in [-0.2, -0.15) is 5.10 Å². The smallest absolute Gasteiger partial charge is 0.138 e. The number of hydrogen-bond donors (Lipinski definition) is 2. The van der Waals surface area contributed by atoms with E-state index in [-0.39, 0.29) is 12.6 Å². The molecule has 0 bridgehead atoms. The summed E-state index contributed by atoms with van der Waals surface area (Å²) in [5.41, 5.74) is 4.38. The molecule has 3 rings (SSSR count). The van der Waals surface area contributed by atoms with Crippen molar-refractivity contribution >= 4 is 0 Å². The number of ether oxygens (including phenoxy) is 1. The Morgan fingerprint density at radius 1 is 1.15 bits per heavy atom. The molecule has 27 heavy (non-hydrogen) atoms. The third-order valence-corrected chi connectivity index (χ3v) is 4.50. The van der Waals surface area contributed by atoms with Crippen LogP contribution in [0.15, 0.2) is 55.1 Å². The molecular formula is C21H26N4O2. The molecule has 1 aromatic heterocycles. The lowest BCUT2D eigenvalue weighted by atomic mass is 10.1. The highest BCUT2D eigenvalue weighted by molar-refractivity contribution is 5.36. The van der Waals surface area contributed by atoms with Crippen molar-refractivity contribution < 1.29 is 9.84 Å². The molecule has 0 amide bonds. The number of hydrogen-bond acceptors (Lipinski definition) is 5. The van der Waals surface area contributed by atoms with E-state index in [0.29, 0.717) is 6.54 Å². The van der Waals surface area contributed by atoms with Gasteiger partial charge >= 0.3 is 0 Å². The molecule has 0 aliphatic rings. The first-order valence-corrected chi connectivity index (χ1v) is 9.09. The highest BCUT2D eigenvalue weighted by Gasteiger charge is 2.11. The molecule has 142 valence electrons. The Labute approximate surface area is 159 Å². The van der Waals surface area contributed by atoms with E-state index in [4.69, 9.17) is 4.74 Å². The van der Waals surface area contributed by atoms with Crippen LogP contribution < -0.4 is 10.1 Å². The minimum Gasteiger partial charge on any atom is -0.491 e. The largest absolute Gasteiger partial charge is 0.491 e. The molecule has 2 atom stereocenters. The summed E-state index contributed by atoms with van der Waals surface area (Å²) < 4.78 is 7.46. The van der Waals surface area contributed by atoms with Gasteiger partial charge in [-0.25, -0.2) is 9.67 Å². The van der Waals surface area contributed by atoms with E-state index in [9.17, 15) is 5.11 Å². The summed E-state index contributed by atoms with van der Waals surface area (Å²) in [7, 11) is 0. The fraction of sp³-hybridized carbons (Fsp3) is 0.333. The Morgan fingerprint density at radius 2 is 1.93 bits per heavy atom. The van der Waals surface area contributed by atoms with Crippen molar-refractivity contribution in [3.8, 4) is 11.4 Å². The Bertz CT molecular complexity index is 847. The zero-order valence-electron chi connectivity index (χ0n) is 16.0. The molecule has 1 heterocycles. The number of nitrogens with zero attached hydrogens (tertiary/aromatic N) is 3. The van der Waals surface area contributed by atoms with E-state index < -0.39 is 6.10 Å². The van der Waals surface area contributed by atoms with Crippen LogP contribution in [0.1, 0.15) is 29.7 Å². The maximum Gasteiger partial charge on any atom is 0.138 e. The van der Waals surface area contributed by atoms with Crippen molar-refractivity contribution in [1.29, 1.82) is 0 Å². The Kier molecular flexibility index (Phi) is 6.21. The van der Waals surface area contributed by atoms with Crippen molar-refractivity contribution in [2.75, 3.05) is 13.2 Å². The average Bonchev–Trinajstić information content (AvgIpc) is 3.20. The lowest BCUT2D eigenvalue weighted by Crippen LogP contribution is -2.33. The van der Waals surface area contributed by atoms with Crippen molar-refractivity contribution in [2.45, 2.75) is 32.9 Å². The minimum atomic E-state index is -0.581. The molecule has 2 N–H and O–H groups in total. The van der Waals surface area contributed by atoms with Gasteiger partial charge < -0.3 is 15.2 Å². The molecule has 0 saturated carbocycles. The van der Waals surface area contributed by atoms with Crippen LogP contribution in [0, 0.1) is 13.8 Å². The summed E-state index contributed by atoms with van der Waals surface area (Å²) in [6.07, 6.45) is 2.60. The van der Waals surface area contributed by atoms with Crippen LogP contribution in [0.3, 0.4) is 0 Å². The summed E-state index contributed by atoms with van der Waals surface area (Å²) in [6, 6.07) is 14.3. The Balaban J connectivity index is 1.47. The molecule has 0 saturated heterocycles. The molecule has 0 aliphatic carbocycles. The van der Waals surface area contributed by atoms with Gasteiger partial charge in [-0.3, -0.25) is 0 Å². The highest BCUT2D eigenvalue weighted by atomic mass is 16.5. The van der Waals surface area contributed by atoms with Crippen molar-refractivity contribution in [1.82, 2.24) is 20.1 Å². The minimum absolute atomic E-state index is 0.116. The fourth-order valence-corrected chi connectivity index (χ4v) is 2.89. The summed E-state index contributed by atoms with van der Waals surface area (Å²) in [4.78, 5) is 3.95. The molecule has 0 unspecified atom stereocenters. The quantitative estimate of drug-likeness (QED) is 0.641. The topological polar surface area (TPSA) is 72.2 Å². The zero-order chi connectivity index (χ0) is 19.2. The van der Waals surface area contributed by atoms with Gasteiger partial charge in [0.25, 0.3) is 0 Å². The van der Waals surface area contributed by atoms with Gasteiger partial charge in [0.2, 0.25) is 0 Å². The van der Waals surface area contributed by atoms with Gasteiger partial charge in [0.1, 0.15) is 31.1 Å². The molecule has 0 spiro atoms. The zero-order valence-corrected chi connectivity index (χ0v) is 16.0. The van der Waals surface area contributed by atoms with Gasteiger partial charge in [-0.15, -0.1) is 0 Å². The number of aliphatic hydroxyl groups excluding tert-OH is 1. The predicted molar refractivity (Wildman–Crippen MR) is 105 cm³/mol. The number of benzene rings is 2. The van der Waals surface area contributed by atoms with Crippen LogP contribution in [0.25, 0.3) is 5.69 Å². The maximum absolute atomic E-state index is 10.2. The Morgan fingerprint density at radius 3 is 2.59 bits per heavy atom. The van der Waals surface area contributed by atoms with E-state index in [0.717, 1.165) is 22.6 Å². The van der Waals surface area contributed by atoms with E-state index in [1.807, 2.05) is 43.3 Å². The first-order chi connectivity index (χ1) is 13.0. The maximum atomic E-state index is 10.2. The Hall–Kier alpha value is -2.70. The number of rotatable bonds is 8. The predicted octanol–water partition coefficient (Wildman–Crippen LogP) is 2.97. The summed E-state index contributed by atoms with van der Waals surface area (Å²) in [6.45, 7) is 6.85. The number of aliphatic hydroxyl groups is 1. The van der Waals surface area contributed by atoms with Gasteiger partial charge in [0, 0.05) is 12.6 Å². The lowest BCUT2D eigenvalue weighted by molar-refractivity contribution is 0.104. The molecule has 0 radical (unpaired) electrons. The highest BCUT2D eigenvalue weighted by Crippen LogP contribution is 2.19. The summed E-state index contributed by atoms with van der Waals surface area (Å²) in [5, 5.41) is 17.7. The summed E-state index contributed by atoms with van der Waals surface area (Å²) in [5.74, 6) is 0.816. The van der Waals surface area contributed by atoms with Crippen LogP contribution in [0.2, 0.25) is 0 Å². The molecule has 0 aliphatic heterocycles. The number of nitrogens with one attached hydrogen (secondary N) is 1. The molecule has 6 nitrogen and oxygen atoms in total. The monoisotopic (exact) mass is 366 g/mol. The summed E-state index contributed by atoms with van der Waals surface area (Å²) >= 11 is 0. The normalized spacial score (nSPS) is 13.3. The third kappa shape index (κ3) is 5.15. The molecule has 0 fully saturated rings. The molecular weight excluding hydrogens is 340 g/mol. The molecule has 3 aromatic rings. The SMILES string of the molecule is Cc1ccc(OC[C@@H](O)CN[C@H](C)c2ccc(-n3cncn3)cc2)c(C)c1. The van der Waals surface area contributed by atoms with Crippen molar-refractivity contribution in [3.63, 3.8) is 0 Å². The standard InChI is InChI=1S/C21H26N4O2/c1-15-4-9-21(16(2)10-15)27-12-20(26)11-23-17(3)18-5-7-19(8-6-18)25-14-22-13-24-25/h4-10,13-14,17,20,23,26H,11-12H2,1-3H3/t17-,20+/m1/s1. The van der Waals surface area contributed by atoms with Crippen LogP contribution in [0.4, 0.5) is 0 Å². The van der Waals surface area contributed by atoms with Crippen LogP contribution in [0.5, 0.6) is 5.75 Å². The van der Waals surface area contributed by atoms with E-state index in [2.05, 4.69) is 35.3 Å². The molecule has 6 heteroatoms. The second-order valence-corrected chi connectivity index (χ2v) is 6.80. The van der Waals surface area contributed by atoms with Gasteiger partial charge in [-0.1, -0.05) is 29.8 Å². The van der Waals surface area contributed by atoms with Crippen molar-refractivity contribution in [2.24, 2.45) is 0 Å². The second-order valence-electron chi connectivity index (χ2n) is 6.80. The van der Waals surface area contributed by atoms with E-state index >= 15 is 0 Å². The van der Waals surface area contributed by atoms with Gasteiger partial charge in [0.15, 0.2) is 0 Å². The van der Waals surface area contributed by atoms with Gasteiger partial charge in [0.05, 0.1) is 5.69 Å². The number of aryl methyl sites for hydroxylation is 2. The van der Waals surface area contributed by atoms with Crippen LogP contribution in [-0.4, -0.2) is 39.1 Å². The van der Waals surface area contributed by atoms with E-state index in [1.54, 1.807) is 11.0 Å². The third-order valence-electron chi connectivity index (χ3n) is 4.50. The molecule has 2 aromatic carbocycles. The first kappa shape index (κ1) is 19.1. The number of aromatic nitrogens is 3. The van der Waals surface area contributed by atoms with E-state index in [1.165, 1.54) is 11.9 Å². The van der Waals surface area contributed by atoms with Crippen molar-refractivity contribution in [3.05, 3.63) is 71.8 Å². The first-order valence-electron chi connectivity index (χ1n) is 9.09. The van der Waals surface area contributed by atoms with Crippen LogP contribution >= 0.6 is 0 Å². The fourth-order valence-electron chi connectivity index (χ4n) is 2.89. The van der Waals surface area contributed by atoms with Crippen LogP contribution in [-0.2, 0) is 0 Å². The second kappa shape index (κ2) is 8.79. The average molecular weight is 366 g/mol. The van der Waals surface area contributed by atoms with Gasteiger partial charge in [-0.05, 0) is 50.1 Å².